The van der Waals surface area contributed by atoms with Crippen LogP contribution < -0.4 is 0 Å². The first-order valence-electron chi connectivity index (χ1n) is 8.67. The molecule has 0 radical (unpaired) electrons. The molecule has 3 heterocycles. The van der Waals surface area contributed by atoms with Crippen LogP contribution >= 0.6 is 0 Å². The maximum absolute atomic E-state index is 13.0. The molecule has 2 aromatic heterocycles. The van der Waals surface area contributed by atoms with Gasteiger partial charge in [0, 0.05) is 34.8 Å². The van der Waals surface area contributed by atoms with Crippen LogP contribution in [0.1, 0.15) is 34.1 Å². The molecule has 1 aliphatic rings. The highest BCUT2D eigenvalue weighted by molar-refractivity contribution is 6.00. The van der Waals surface area contributed by atoms with Gasteiger partial charge in [0.15, 0.2) is 5.78 Å². The van der Waals surface area contributed by atoms with Crippen molar-refractivity contribution in [1.29, 1.82) is 0 Å². The molecule has 1 aliphatic heterocycles. The average Bonchev–Trinajstić information content (AvgIpc) is 3.36. The van der Waals surface area contributed by atoms with Gasteiger partial charge in [-0.25, -0.2) is 0 Å². The Bertz CT molecular complexity index is 1140. The second-order valence-electron chi connectivity index (χ2n) is 6.65. The van der Waals surface area contributed by atoms with E-state index < -0.39 is 0 Å². The van der Waals surface area contributed by atoms with E-state index in [9.17, 15) is 9.90 Å². The van der Waals surface area contributed by atoms with Crippen LogP contribution in [0.4, 0.5) is 0 Å². The number of carbonyl (C=O) groups excluding carboxylic acids is 1. The Labute approximate surface area is 150 Å². The van der Waals surface area contributed by atoms with Crippen molar-refractivity contribution < 1.29 is 14.3 Å². The molecule has 1 unspecified atom stereocenters. The predicted octanol–water partition coefficient (Wildman–Crippen LogP) is 4.57. The fourth-order valence-electron chi connectivity index (χ4n) is 3.92. The van der Waals surface area contributed by atoms with Crippen LogP contribution in [-0.2, 0) is 6.61 Å². The van der Waals surface area contributed by atoms with E-state index in [2.05, 4.69) is 22.8 Å². The molecule has 0 bridgehead atoms. The van der Waals surface area contributed by atoms with Crippen molar-refractivity contribution in [3.05, 3.63) is 83.7 Å². The summed E-state index contributed by atoms with van der Waals surface area (Å²) in [6.45, 7) is -0.146. The second-order valence-corrected chi connectivity index (χ2v) is 6.65. The summed E-state index contributed by atoms with van der Waals surface area (Å²) in [7, 11) is 0. The van der Waals surface area contributed by atoms with Gasteiger partial charge in [-0.1, -0.05) is 24.3 Å². The lowest BCUT2D eigenvalue weighted by molar-refractivity contribution is 0.0970. The Morgan fingerprint density at radius 1 is 1.08 bits per heavy atom. The van der Waals surface area contributed by atoms with Gasteiger partial charge in [-0.15, -0.1) is 0 Å². The Kier molecular flexibility index (Phi) is 3.33. The molecule has 5 rings (SSSR count). The van der Waals surface area contributed by atoms with E-state index in [0.717, 1.165) is 11.1 Å². The van der Waals surface area contributed by atoms with Gasteiger partial charge in [0.1, 0.15) is 18.0 Å². The van der Waals surface area contributed by atoms with Crippen LogP contribution in [-0.4, -0.2) is 15.5 Å². The number of nitrogens with zero attached hydrogens (tertiary/aromatic N) is 1. The quantitative estimate of drug-likeness (QED) is 0.552. The number of hydrogen-bond acceptors (Lipinski definition) is 3. The van der Waals surface area contributed by atoms with Crippen molar-refractivity contribution in [2.75, 3.05) is 0 Å². The fraction of sp³-hybridized carbons (Fsp3) is 0.136. The summed E-state index contributed by atoms with van der Waals surface area (Å²) in [5, 5.41) is 10.1. The Morgan fingerprint density at radius 2 is 1.96 bits per heavy atom. The molecule has 0 aliphatic carbocycles. The number of hydrogen-bond donors (Lipinski definition) is 1. The molecular formula is C22H17NO3. The maximum atomic E-state index is 13.0. The van der Waals surface area contributed by atoms with Crippen LogP contribution in [0.25, 0.3) is 22.2 Å². The molecule has 128 valence electrons. The van der Waals surface area contributed by atoms with Crippen molar-refractivity contribution in [2.45, 2.75) is 19.1 Å². The summed E-state index contributed by atoms with van der Waals surface area (Å²) in [4.78, 5) is 13.0. The van der Waals surface area contributed by atoms with Gasteiger partial charge in [-0.05, 0) is 42.0 Å². The minimum Gasteiger partial charge on any atom is -0.459 e. The zero-order valence-electron chi connectivity index (χ0n) is 14.1. The number of carbonyl (C=O) groups is 1. The highest BCUT2D eigenvalue weighted by Crippen LogP contribution is 2.41. The van der Waals surface area contributed by atoms with E-state index in [1.807, 2.05) is 30.5 Å². The van der Waals surface area contributed by atoms with E-state index >= 15 is 0 Å². The van der Waals surface area contributed by atoms with Crippen LogP contribution in [0.15, 0.2) is 71.3 Å². The molecule has 0 fully saturated rings. The molecular weight excluding hydrogens is 326 g/mol. The summed E-state index contributed by atoms with van der Waals surface area (Å²) in [5.74, 6) is 0.603. The first kappa shape index (κ1) is 15.2. The lowest BCUT2D eigenvalue weighted by atomic mass is 9.96. The Morgan fingerprint density at radius 3 is 2.85 bits per heavy atom. The summed E-state index contributed by atoms with van der Waals surface area (Å²) < 4.78 is 7.69. The van der Waals surface area contributed by atoms with Gasteiger partial charge in [0.25, 0.3) is 0 Å². The summed E-state index contributed by atoms with van der Waals surface area (Å²) in [6, 6.07) is 19.6. The van der Waals surface area contributed by atoms with E-state index in [1.165, 1.54) is 11.1 Å². The highest BCUT2D eigenvalue weighted by atomic mass is 16.4. The van der Waals surface area contributed by atoms with Gasteiger partial charge < -0.3 is 14.1 Å². The second kappa shape index (κ2) is 5.71. The van der Waals surface area contributed by atoms with Crippen molar-refractivity contribution in [3.63, 3.8) is 0 Å². The minimum atomic E-state index is -0.146. The molecule has 1 N–H and O–H groups in total. The van der Waals surface area contributed by atoms with Gasteiger partial charge >= 0.3 is 0 Å². The molecule has 26 heavy (non-hydrogen) atoms. The molecule has 4 aromatic rings. The Balaban J connectivity index is 1.49. The van der Waals surface area contributed by atoms with Crippen LogP contribution in [0.5, 0.6) is 0 Å². The van der Waals surface area contributed by atoms with E-state index in [4.69, 9.17) is 4.42 Å². The van der Waals surface area contributed by atoms with Crippen LogP contribution in [0.2, 0.25) is 0 Å². The van der Waals surface area contributed by atoms with Crippen molar-refractivity contribution >= 4 is 16.8 Å². The number of aromatic nitrogens is 1. The molecule has 0 amide bonds. The molecule has 0 spiro atoms. The molecule has 4 heteroatoms. The van der Waals surface area contributed by atoms with Crippen LogP contribution in [0.3, 0.4) is 0 Å². The number of ketones is 1. The lowest BCUT2D eigenvalue weighted by Crippen LogP contribution is -2.11. The number of fused-ring (bicyclic) bond motifs is 4. The topological polar surface area (TPSA) is 55.4 Å². The number of furan rings is 1. The van der Waals surface area contributed by atoms with Crippen molar-refractivity contribution in [3.8, 4) is 11.3 Å². The normalized spacial score (nSPS) is 15.2. The first-order valence-corrected chi connectivity index (χ1v) is 8.67. The first-order chi connectivity index (χ1) is 12.7. The van der Waals surface area contributed by atoms with E-state index in [-0.39, 0.29) is 18.4 Å². The number of benzene rings is 2. The molecule has 2 aromatic carbocycles. The fourth-order valence-corrected chi connectivity index (χ4v) is 3.92. The maximum Gasteiger partial charge on any atom is 0.165 e. The summed E-state index contributed by atoms with van der Waals surface area (Å²) in [6.07, 6.45) is 2.45. The van der Waals surface area contributed by atoms with Crippen molar-refractivity contribution in [2.24, 2.45) is 0 Å². The third-order valence-corrected chi connectivity index (χ3v) is 5.13. The number of aliphatic hydroxyl groups is 1. The van der Waals surface area contributed by atoms with Gasteiger partial charge in [-0.2, -0.15) is 0 Å². The summed E-state index contributed by atoms with van der Waals surface area (Å²) in [5.41, 5.74) is 4.92. The van der Waals surface area contributed by atoms with Gasteiger partial charge in [0.05, 0.1) is 6.04 Å². The SMILES string of the molecule is O=C(CC1c2ccccc2-c2cccn21)c1ccc2oc(CO)cc2c1. The largest absolute Gasteiger partial charge is 0.459 e. The molecule has 1 atom stereocenters. The highest BCUT2D eigenvalue weighted by Gasteiger charge is 2.29. The third-order valence-electron chi connectivity index (χ3n) is 5.13. The van der Waals surface area contributed by atoms with Gasteiger partial charge in [-0.3, -0.25) is 4.79 Å². The van der Waals surface area contributed by atoms with Gasteiger partial charge in [0.2, 0.25) is 0 Å². The third kappa shape index (κ3) is 2.23. The van der Waals surface area contributed by atoms with Crippen LogP contribution in [0, 0.1) is 0 Å². The zero-order valence-corrected chi connectivity index (χ0v) is 14.1. The van der Waals surface area contributed by atoms with Crippen molar-refractivity contribution in [1.82, 2.24) is 4.57 Å². The zero-order chi connectivity index (χ0) is 17.7. The monoisotopic (exact) mass is 343 g/mol. The predicted molar refractivity (Wildman–Crippen MR) is 99.1 cm³/mol. The Hall–Kier alpha value is -3.11. The molecule has 0 saturated heterocycles. The number of aliphatic hydroxyl groups excluding tert-OH is 1. The lowest BCUT2D eigenvalue weighted by Gasteiger charge is -2.14. The number of rotatable bonds is 4. The minimum absolute atomic E-state index is 0.0248. The molecule has 4 nitrogen and oxygen atoms in total. The smallest absolute Gasteiger partial charge is 0.165 e. The average molecular weight is 343 g/mol. The van der Waals surface area contributed by atoms with E-state index in [1.54, 1.807) is 18.2 Å². The van der Waals surface area contributed by atoms with E-state index in [0.29, 0.717) is 23.3 Å². The number of Topliss-reactive ketones (excluding diaryl/α,β-unsaturated/α-hetero) is 1. The molecule has 0 saturated carbocycles. The summed E-state index contributed by atoms with van der Waals surface area (Å²) >= 11 is 0. The standard InChI is InChI=1S/C22H17NO3/c24-13-16-11-15-10-14(7-8-22(15)26-16)21(25)12-20-18-5-2-1-4-17(18)19-6-3-9-23(19)20/h1-11,20,24H,12-13H2.